The van der Waals surface area contributed by atoms with Gasteiger partial charge in [-0.1, -0.05) is 45.0 Å². The number of halogens is 3. The minimum absolute atomic E-state index is 0.0318. The highest BCUT2D eigenvalue weighted by atomic mass is 28.4. The number of hydrogen-bond donors (Lipinski definition) is 1. The van der Waals surface area contributed by atoms with E-state index >= 15 is 0 Å². The number of rotatable bonds is 11. The number of fused-ring (bicyclic) bond motifs is 1. The molecule has 1 aliphatic heterocycles. The van der Waals surface area contributed by atoms with Crippen LogP contribution in [0.5, 0.6) is 0 Å². The molecule has 0 aromatic heterocycles. The van der Waals surface area contributed by atoms with Crippen LogP contribution in [0, 0.1) is 0 Å². The lowest BCUT2D eigenvalue weighted by Gasteiger charge is -2.41. The van der Waals surface area contributed by atoms with Crippen molar-refractivity contribution in [2.45, 2.75) is 77.1 Å². The number of amides is 2. The van der Waals surface area contributed by atoms with E-state index in [0.29, 0.717) is 12.2 Å². The van der Waals surface area contributed by atoms with Crippen LogP contribution in [0.1, 0.15) is 61.7 Å². The Hall–Kier alpha value is -2.93. The summed E-state index contributed by atoms with van der Waals surface area (Å²) in [7, 11) is -2.25. The van der Waals surface area contributed by atoms with Gasteiger partial charge in [-0.2, -0.15) is 13.2 Å². The van der Waals surface area contributed by atoms with Crippen molar-refractivity contribution in [3.63, 3.8) is 0 Å². The number of carbonyl (C=O) groups is 2. The molecule has 1 heterocycles. The zero-order chi connectivity index (χ0) is 31.5. The summed E-state index contributed by atoms with van der Waals surface area (Å²) < 4.78 is 59.6. The third-order valence-corrected chi connectivity index (χ3v) is 12.4. The van der Waals surface area contributed by atoms with E-state index < -0.39 is 43.8 Å². The molecule has 1 N–H and O–H groups in total. The van der Waals surface area contributed by atoms with E-state index in [1.165, 1.54) is 36.4 Å². The zero-order valence-electron chi connectivity index (χ0n) is 25.2. The standard InChI is InChI=1S/C30H41F3N2O6Si/c1-8-39-18-22(19-41-42(6,7)28(3,4)5)35(27(37)38)21-15-14-20-17-29(40-9-2,34-26(36)23(20)16-21)24-12-10-11-13-25(24)30(31,32)33/h10-16,22H,8-9,17-19H2,1-7H3,(H,34,36)(H,37,38)/p-1. The van der Waals surface area contributed by atoms with E-state index in [-0.39, 0.29) is 48.1 Å². The first-order chi connectivity index (χ1) is 19.5. The van der Waals surface area contributed by atoms with E-state index in [9.17, 15) is 27.9 Å². The zero-order valence-corrected chi connectivity index (χ0v) is 26.2. The molecule has 1 aliphatic rings. The molecule has 8 nitrogen and oxygen atoms in total. The summed E-state index contributed by atoms with van der Waals surface area (Å²) >= 11 is 0. The van der Waals surface area contributed by atoms with Crippen molar-refractivity contribution in [3.05, 3.63) is 64.7 Å². The Morgan fingerprint density at radius 2 is 1.76 bits per heavy atom. The van der Waals surface area contributed by atoms with Gasteiger partial charge in [0.25, 0.3) is 5.91 Å². The van der Waals surface area contributed by atoms with Crippen LogP contribution in [0.3, 0.4) is 0 Å². The molecule has 2 unspecified atom stereocenters. The molecule has 2 aromatic rings. The largest absolute Gasteiger partial charge is 0.530 e. The number of hydrogen-bond acceptors (Lipinski definition) is 6. The molecule has 0 radical (unpaired) electrons. The Balaban J connectivity index is 2.03. The molecule has 12 heteroatoms. The van der Waals surface area contributed by atoms with Gasteiger partial charge in [-0.15, -0.1) is 0 Å². The maximum Gasteiger partial charge on any atom is 0.416 e. The van der Waals surface area contributed by atoms with Crippen molar-refractivity contribution in [1.29, 1.82) is 0 Å². The highest BCUT2D eigenvalue weighted by Crippen LogP contribution is 2.42. The smallest absolute Gasteiger partial charge is 0.416 e. The summed E-state index contributed by atoms with van der Waals surface area (Å²) in [5, 5.41) is 15.0. The minimum atomic E-state index is -4.67. The van der Waals surface area contributed by atoms with Crippen LogP contribution in [-0.2, 0) is 32.2 Å². The van der Waals surface area contributed by atoms with Gasteiger partial charge in [0.1, 0.15) is 6.09 Å². The molecule has 2 amide bonds. The lowest BCUT2D eigenvalue weighted by Crippen LogP contribution is -2.55. The van der Waals surface area contributed by atoms with Crippen LogP contribution < -0.4 is 15.3 Å². The second kappa shape index (κ2) is 12.7. The number of anilines is 1. The normalized spacial score (nSPS) is 18.3. The van der Waals surface area contributed by atoms with E-state index in [2.05, 4.69) is 39.2 Å². The van der Waals surface area contributed by atoms with Crippen molar-refractivity contribution in [2.24, 2.45) is 0 Å². The monoisotopic (exact) mass is 609 g/mol. The van der Waals surface area contributed by atoms with E-state index in [4.69, 9.17) is 13.9 Å². The van der Waals surface area contributed by atoms with Gasteiger partial charge in [0.05, 0.1) is 24.8 Å². The second-order valence-electron chi connectivity index (χ2n) is 11.8. The first kappa shape index (κ1) is 33.6. The third kappa shape index (κ3) is 7.16. The van der Waals surface area contributed by atoms with Crippen LogP contribution in [0.15, 0.2) is 42.5 Å². The van der Waals surface area contributed by atoms with Crippen molar-refractivity contribution in [1.82, 2.24) is 5.32 Å². The molecule has 0 bridgehead atoms. The number of ether oxygens (including phenoxy) is 2. The van der Waals surface area contributed by atoms with E-state index in [0.717, 1.165) is 11.0 Å². The molecular weight excluding hydrogens is 569 g/mol. The maximum absolute atomic E-state index is 13.9. The fourth-order valence-electron chi connectivity index (χ4n) is 4.74. The van der Waals surface area contributed by atoms with Gasteiger partial charge in [0.15, 0.2) is 14.0 Å². The van der Waals surface area contributed by atoms with Crippen LogP contribution in [0.2, 0.25) is 18.1 Å². The molecular formula is C30H40F3N2O6Si-. The minimum Gasteiger partial charge on any atom is -0.530 e. The van der Waals surface area contributed by atoms with Crippen molar-refractivity contribution in [3.8, 4) is 0 Å². The van der Waals surface area contributed by atoms with Crippen LogP contribution >= 0.6 is 0 Å². The number of nitrogens with one attached hydrogen (secondary N) is 1. The van der Waals surface area contributed by atoms with Crippen LogP contribution in [0.4, 0.5) is 23.7 Å². The predicted octanol–water partition coefficient (Wildman–Crippen LogP) is 5.46. The van der Waals surface area contributed by atoms with Crippen molar-refractivity contribution < 1.29 is 41.8 Å². The van der Waals surface area contributed by atoms with Gasteiger partial charge in [0.2, 0.25) is 0 Å². The van der Waals surface area contributed by atoms with Gasteiger partial charge in [-0.05, 0) is 55.7 Å². The molecule has 42 heavy (non-hydrogen) atoms. The number of benzene rings is 2. The Kier molecular flexibility index (Phi) is 10.2. The Morgan fingerprint density at radius 3 is 2.33 bits per heavy atom. The summed E-state index contributed by atoms with van der Waals surface area (Å²) in [5.41, 5.74) is -2.20. The molecule has 2 atom stereocenters. The summed E-state index contributed by atoms with van der Waals surface area (Å²) in [6.07, 6.45) is -6.28. The third-order valence-electron chi connectivity index (χ3n) is 7.95. The summed E-state index contributed by atoms with van der Waals surface area (Å²) in [6.45, 7) is 14.2. The van der Waals surface area contributed by atoms with Gasteiger partial charge in [0, 0.05) is 36.4 Å². The molecule has 0 saturated heterocycles. The molecule has 232 valence electrons. The molecule has 0 saturated carbocycles. The van der Waals surface area contributed by atoms with Crippen molar-refractivity contribution in [2.75, 3.05) is 31.3 Å². The number of carbonyl (C=O) groups excluding carboxylic acids is 2. The Bertz CT molecular complexity index is 1280. The van der Waals surface area contributed by atoms with Crippen molar-refractivity contribution >= 4 is 26.0 Å². The molecule has 2 aromatic carbocycles. The average Bonchev–Trinajstić information content (AvgIpc) is 2.89. The highest BCUT2D eigenvalue weighted by Gasteiger charge is 2.46. The van der Waals surface area contributed by atoms with Crippen LogP contribution in [-0.4, -0.2) is 52.8 Å². The topological polar surface area (TPSA) is 100 Å². The fourth-order valence-corrected chi connectivity index (χ4v) is 5.78. The quantitative estimate of drug-likeness (QED) is 0.340. The van der Waals surface area contributed by atoms with Gasteiger partial charge in [-0.25, -0.2) is 0 Å². The Labute approximate surface area is 246 Å². The fraction of sp³-hybridized carbons (Fsp3) is 0.533. The first-order valence-electron chi connectivity index (χ1n) is 14.0. The number of nitrogens with zero attached hydrogens (tertiary/aromatic N) is 1. The summed E-state index contributed by atoms with van der Waals surface area (Å²) in [5.74, 6) is -0.694. The average molecular weight is 610 g/mol. The van der Waals surface area contributed by atoms with Gasteiger partial charge >= 0.3 is 6.18 Å². The maximum atomic E-state index is 13.9. The van der Waals surface area contributed by atoms with Gasteiger partial charge in [-0.3, -0.25) is 4.79 Å². The predicted molar refractivity (Wildman–Crippen MR) is 154 cm³/mol. The number of carboxylic acid groups (broad SMARTS) is 1. The van der Waals surface area contributed by atoms with E-state index in [1.54, 1.807) is 13.8 Å². The molecule has 0 fully saturated rings. The number of alkyl halides is 3. The second-order valence-corrected chi connectivity index (χ2v) is 16.6. The summed E-state index contributed by atoms with van der Waals surface area (Å²) in [4.78, 5) is 26.9. The lowest BCUT2D eigenvalue weighted by molar-refractivity contribution is -0.247. The van der Waals surface area contributed by atoms with Gasteiger partial charge < -0.3 is 34.0 Å². The SMILES string of the molecule is CCOCC(CO[Si](C)(C)C(C)(C)C)N(C(=O)[O-])c1ccc2c(c1)C(=O)NC(OCC)(c1ccccc1C(F)(F)F)C2. The Morgan fingerprint density at radius 1 is 1.10 bits per heavy atom. The first-order valence-corrected chi connectivity index (χ1v) is 16.9. The molecule has 0 spiro atoms. The van der Waals surface area contributed by atoms with E-state index in [1.807, 2.05) is 0 Å². The highest BCUT2D eigenvalue weighted by molar-refractivity contribution is 6.74. The molecule has 0 aliphatic carbocycles. The lowest BCUT2D eigenvalue weighted by atomic mass is 9.85. The van der Waals surface area contributed by atoms with Crippen LogP contribution in [0.25, 0.3) is 0 Å². The molecule has 3 rings (SSSR count). The summed E-state index contributed by atoms with van der Waals surface area (Å²) in [6, 6.07) is 8.64.